The largest absolute Gasteiger partial charge is 0.497 e. The number of benzene rings is 2. The summed E-state index contributed by atoms with van der Waals surface area (Å²) in [4.78, 5) is 12.2. The van der Waals surface area contributed by atoms with Crippen molar-refractivity contribution in [3.63, 3.8) is 0 Å². The van der Waals surface area contributed by atoms with Crippen LogP contribution in [-0.4, -0.2) is 26.7 Å². The predicted octanol–water partition coefficient (Wildman–Crippen LogP) is 2.82. The van der Waals surface area contributed by atoms with Crippen molar-refractivity contribution in [2.75, 3.05) is 20.8 Å². The summed E-state index contributed by atoms with van der Waals surface area (Å²) in [5, 5.41) is 2.76. The molecule has 2 rings (SSSR count). The molecule has 2 aromatic rings. The number of hydrogen-bond donors (Lipinski definition) is 1. The van der Waals surface area contributed by atoms with E-state index in [0.29, 0.717) is 35.6 Å². The van der Waals surface area contributed by atoms with Crippen molar-refractivity contribution >= 4 is 5.91 Å². The van der Waals surface area contributed by atoms with Gasteiger partial charge in [0.2, 0.25) is 0 Å². The van der Waals surface area contributed by atoms with Crippen LogP contribution in [0.2, 0.25) is 0 Å². The van der Waals surface area contributed by atoms with Gasteiger partial charge in [0.05, 0.1) is 19.8 Å². The third kappa shape index (κ3) is 3.75. The van der Waals surface area contributed by atoms with Crippen molar-refractivity contribution in [1.29, 1.82) is 0 Å². The van der Waals surface area contributed by atoms with E-state index in [1.54, 1.807) is 43.5 Å². The lowest BCUT2D eigenvalue weighted by Gasteiger charge is -2.11. The smallest absolute Gasteiger partial charge is 0.255 e. The summed E-state index contributed by atoms with van der Waals surface area (Å²) in [6, 6.07) is 11.5. The van der Waals surface area contributed by atoms with Gasteiger partial charge in [-0.3, -0.25) is 4.79 Å². The van der Waals surface area contributed by atoms with E-state index >= 15 is 0 Å². The van der Waals surface area contributed by atoms with Crippen molar-refractivity contribution in [3.8, 4) is 11.5 Å². The molecule has 0 radical (unpaired) electrons. The van der Waals surface area contributed by atoms with E-state index in [2.05, 4.69) is 5.32 Å². The molecule has 4 nitrogen and oxygen atoms in total. The molecule has 0 atom stereocenters. The highest BCUT2D eigenvalue weighted by atomic mass is 19.1. The summed E-state index contributed by atoms with van der Waals surface area (Å²) in [5.41, 5.74) is 0.987. The standard InChI is InChI=1S/C17H18FNO3/c1-21-13-7-8-14(16(11-13)22-2)17(20)19-10-9-12-5-3-4-6-15(12)18/h3-8,11H,9-10H2,1-2H3,(H,19,20). The average Bonchev–Trinajstić information content (AvgIpc) is 2.55. The number of ether oxygens (including phenoxy) is 2. The van der Waals surface area contributed by atoms with Crippen molar-refractivity contribution in [3.05, 3.63) is 59.4 Å². The molecule has 0 saturated carbocycles. The summed E-state index contributed by atoms with van der Waals surface area (Å²) in [5.74, 6) is 0.511. The topological polar surface area (TPSA) is 47.6 Å². The highest BCUT2D eigenvalue weighted by Crippen LogP contribution is 2.24. The first-order chi connectivity index (χ1) is 10.7. The molecule has 1 amide bonds. The highest BCUT2D eigenvalue weighted by molar-refractivity contribution is 5.97. The number of carbonyl (C=O) groups is 1. The number of carbonyl (C=O) groups excluding carboxylic acids is 1. The molecule has 2 aromatic carbocycles. The SMILES string of the molecule is COc1ccc(C(=O)NCCc2ccccc2F)c(OC)c1. The molecule has 0 unspecified atom stereocenters. The van der Waals surface area contributed by atoms with Crippen LogP contribution in [0.15, 0.2) is 42.5 Å². The second-order valence-electron chi connectivity index (χ2n) is 4.66. The van der Waals surface area contributed by atoms with Crippen LogP contribution in [0.3, 0.4) is 0 Å². The monoisotopic (exact) mass is 303 g/mol. The van der Waals surface area contributed by atoms with Gasteiger partial charge < -0.3 is 14.8 Å². The Morgan fingerprint density at radius 2 is 1.91 bits per heavy atom. The molecule has 0 fully saturated rings. The van der Waals surface area contributed by atoms with Crippen molar-refractivity contribution < 1.29 is 18.7 Å². The van der Waals surface area contributed by atoms with Crippen LogP contribution >= 0.6 is 0 Å². The molecule has 0 aliphatic heterocycles. The molecule has 0 saturated heterocycles. The fourth-order valence-electron chi connectivity index (χ4n) is 2.09. The van der Waals surface area contributed by atoms with E-state index in [1.165, 1.54) is 13.2 Å². The second-order valence-corrected chi connectivity index (χ2v) is 4.66. The van der Waals surface area contributed by atoms with Crippen molar-refractivity contribution in [2.24, 2.45) is 0 Å². The summed E-state index contributed by atoms with van der Waals surface area (Å²) >= 11 is 0. The molecule has 1 N–H and O–H groups in total. The number of hydrogen-bond acceptors (Lipinski definition) is 3. The number of rotatable bonds is 6. The first-order valence-electron chi connectivity index (χ1n) is 6.89. The van der Waals surface area contributed by atoms with Crippen LogP contribution in [0, 0.1) is 5.82 Å². The Labute approximate surface area is 128 Å². The van der Waals surface area contributed by atoms with Crippen LogP contribution in [0.5, 0.6) is 11.5 Å². The lowest BCUT2D eigenvalue weighted by Crippen LogP contribution is -2.26. The van der Waals surface area contributed by atoms with Gasteiger partial charge in [0.15, 0.2) is 0 Å². The molecule has 0 aliphatic carbocycles. The van der Waals surface area contributed by atoms with Crippen LogP contribution in [0.25, 0.3) is 0 Å². The summed E-state index contributed by atoms with van der Waals surface area (Å²) < 4.78 is 23.8. The molecule has 116 valence electrons. The first-order valence-corrected chi connectivity index (χ1v) is 6.89. The Morgan fingerprint density at radius 3 is 2.59 bits per heavy atom. The Balaban J connectivity index is 1.99. The van der Waals surface area contributed by atoms with E-state index < -0.39 is 0 Å². The third-order valence-electron chi connectivity index (χ3n) is 3.29. The zero-order valence-corrected chi connectivity index (χ0v) is 12.6. The molecule has 0 aliphatic rings. The van der Waals surface area contributed by atoms with Gasteiger partial charge in [-0.15, -0.1) is 0 Å². The van der Waals surface area contributed by atoms with Gasteiger partial charge in [0.25, 0.3) is 5.91 Å². The van der Waals surface area contributed by atoms with Gasteiger partial charge in [-0.2, -0.15) is 0 Å². The van der Waals surface area contributed by atoms with Crippen LogP contribution in [0.1, 0.15) is 15.9 Å². The van der Waals surface area contributed by atoms with Gasteiger partial charge in [0, 0.05) is 12.6 Å². The molecular weight excluding hydrogens is 285 g/mol. The maximum Gasteiger partial charge on any atom is 0.255 e. The van der Waals surface area contributed by atoms with Gasteiger partial charge in [-0.25, -0.2) is 4.39 Å². The molecule has 0 spiro atoms. The molecule has 0 heterocycles. The minimum atomic E-state index is -0.268. The first kappa shape index (κ1) is 15.8. The minimum absolute atomic E-state index is 0.265. The average molecular weight is 303 g/mol. The summed E-state index contributed by atoms with van der Waals surface area (Å²) in [6.45, 7) is 0.342. The fraction of sp³-hybridized carbons (Fsp3) is 0.235. The Morgan fingerprint density at radius 1 is 1.14 bits per heavy atom. The van der Waals surface area contributed by atoms with Crippen LogP contribution in [0.4, 0.5) is 4.39 Å². The zero-order valence-electron chi connectivity index (χ0n) is 12.6. The zero-order chi connectivity index (χ0) is 15.9. The van der Waals surface area contributed by atoms with Crippen LogP contribution in [-0.2, 0) is 6.42 Å². The second kappa shape index (κ2) is 7.45. The maximum atomic E-state index is 13.5. The van der Waals surface area contributed by atoms with Gasteiger partial charge >= 0.3 is 0 Å². The number of amides is 1. The molecular formula is C17H18FNO3. The third-order valence-corrected chi connectivity index (χ3v) is 3.29. The van der Waals surface area contributed by atoms with Crippen molar-refractivity contribution in [1.82, 2.24) is 5.32 Å². The molecule has 5 heteroatoms. The highest BCUT2D eigenvalue weighted by Gasteiger charge is 2.13. The summed E-state index contributed by atoms with van der Waals surface area (Å²) in [7, 11) is 3.04. The molecule has 22 heavy (non-hydrogen) atoms. The van der Waals surface area contributed by atoms with Crippen LogP contribution < -0.4 is 14.8 Å². The van der Waals surface area contributed by atoms with E-state index in [-0.39, 0.29) is 11.7 Å². The number of methoxy groups -OCH3 is 2. The van der Waals surface area contributed by atoms with Crippen molar-refractivity contribution in [2.45, 2.75) is 6.42 Å². The lowest BCUT2D eigenvalue weighted by molar-refractivity contribution is 0.0951. The van der Waals surface area contributed by atoms with E-state index in [4.69, 9.17) is 9.47 Å². The predicted molar refractivity (Wildman–Crippen MR) is 82.0 cm³/mol. The normalized spacial score (nSPS) is 10.1. The summed E-state index contributed by atoms with van der Waals surface area (Å²) in [6.07, 6.45) is 0.427. The van der Waals surface area contributed by atoms with E-state index in [9.17, 15) is 9.18 Å². The minimum Gasteiger partial charge on any atom is -0.497 e. The van der Waals surface area contributed by atoms with E-state index in [0.717, 1.165) is 0 Å². The fourth-order valence-corrected chi connectivity index (χ4v) is 2.09. The Bertz CT molecular complexity index is 658. The Kier molecular flexibility index (Phi) is 5.36. The molecule has 0 bridgehead atoms. The lowest BCUT2D eigenvalue weighted by atomic mass is 10.1. The number of halogens is 1. The van der Waals surface area contributed by atoms with Gasteiger partial charge in [-0.05, 0) is 30.2 Å². The quantitative estimate of drug-likeness (QED) is 0.892. The molecule has 0 aromatic heterocycles. The van der Waals surface area contributed by atoms with Gasteiger partial charge in [0.1, 0.15) is 17.3 Å². The van der Waals surface area contributed by atoms with E-state index in [1.807, 2.05) is 0 Å². The number of nitrogens with one attached hydrogen (secondary N) is 1. The van der Waals surface area contributed by atoms with Gasteiger partial charge in [-0.1, -0.05) is 18.2 Å². The maximum absolute atomic E-state index is 13.5. The Hall–Kier alpha value is -2.56.